The Labute approximate surface area is 178 Å². The van der Waals surface area contributed by atoms with Gasteiger partial charge in [0, 0.05) is 11.8 Å². The SMILES string of the molecule is C(=COC=CCC(C1=CCCC1)C1=CCCC1)CC(C1=CCCC1)C1=CCCC1. The molecule has 0 heterocycles. The summed E-state index contributed by atoms with van der Waals surface area (Å²) in [6.45, 7) is 0. The number of hydrogen-bond acceptors (Lipinski definition) is 1. The van der Waals surface area contributed by atoms with E-state index in [0.717, 1.165) is 12.8 Å². The van der Waals surface area contributed by atoms with Crippen molar-refractivity contribution in [1.29, 1.82) is 0 Å². The highest BCUT2D eigenvalue weighted by atomic mass is 16.5. The first-order valence-corrected chi connectivity index (χ1v) is 12.1. The van der Waals surface area contributed by atoms with Crippen LogP contribution in [0.3, 0.4) is 0 Å². The van der Waals surface area contributed by atoms with Gasteiger partial charge in [0.2, 0.25) is 0 Å². The van der Waals surface area contributed by atoms with Crippen molar-refractivity contribution in [2.24, 2.45) is 11.8 Å². The Kier molecular flexibility index (Phi) is 7.68. The molecule has 156 valence electrons. The Morgan fingerprint density at radius 1 is 0.586 bits per heavy atom. The van der Waals surface area contributed by atoms with Crippen molar-refractivity contribution >= 4 is 0 Å². The molecule has 29 heavy (non-hydrogen) atoms. The molecule has 0 aromatic heterocycles. The Bertz CT molecular complexity index is 617. The van der Waals surface area contributed by atoms with Gasteiger partial charge in [-0.1, -0.05) is 46.6 Å². The maximum atomic E-state index is 5.75. The van der Waals surface area contributed by atoms with E-state index in [4.69, 9.17) is 4.74 Å². The zero-order chi connectivity index (χ0) is 19.7. The first kappa shape index (κ1) is 20.5. The van der Waals surface area contributed by atoms with Crippen LogP contribution in [0.1, 0.15) is 89.9 Å². The summed E-state index contributed by atoms with van der Waals surface area (Å²) in [4.78, 5) is 0. The van der Waals surface area contributed by atoms with Crippen LogP contribution < -0.4 is 0 Å². The lowest BCUT2D eigenvalue weighted by atomic mass is 9.87. The van der Waals surface area contributed by atoms with Crippen molar-refractivity contribution < 1.29 is 4.74 Å². The van der Waals surface area contributed by atoms with Crippen molar-refractivity contribution in [3.05, 3.63) is 71.3 Å². The van der Waals surface area contributed by atoms with E-state index in [1.165, 1.54) is 77.0 Å². The molecule has 0 aromatic carbocycles. The average molecular weight is 391 g/mol. The van der Waals surface area contributed by atoms with Gasteiger partial charge in [0.05, 0.1) is 12.5 Å². The molecule has 0 aliphatic heterocycles. The summed E-state index contributed by atoms with van der Waals surface area (Å²) >= 11 is 0. The monoisotopic (exact) mass is 390 g/mol. The second-order valence-electron chi connectivity index (χ2n) is 9.14. The first-order chi connectivity index (χ1) is 14.4. The molecular weight excluding hydrogens is 352 g/mol. The predicted molar refractivity (Wildman–Crippen MR) is 123 cm³/mol. The Morgan fingerprint density at radius 2 is 0.931 bits per heavy atom. The lowest BCUT2D eigenvalue weighted by Crippen LogP contribution is -2.05. The molecule has 0 saturated carbocycles. The molecule has 0 radical (unpaired) electrons. The van der Waals surface area contributed by atoms with E-state index in [-0.39, 0.29) is 0 Å². The lowest BCUT2D eigenvalue weighted by Gasteiger charge is -2.19. The molecule has 1 heteroatoms. The van der Waals surface area contributed by atoms with Crippen LogP contribution in [0.5, 0.6) is 0 Å². The van der Waals surface area contributed by atoms with E-state index >= 15 is 0 Å². The molecular formula is C28H38O. The number of hydrogen-bond donors (Lipinski definition) is 0. The highest BCUT2D eigenvalue weighted by Crippen LogP contribution is 2.38. The molecule has 0 aromatic rings. The summed E-state index contributed by atoms with van der Waals surface area (Å²) in [5, 5.41) is 0. The molecule has 0 spiro atoms. The molecule has 4 rings (SSSR count). The molecule has 0 saturated heterocycles. The molecule has 1 nitrogen and oxygen atoms in total. The highest BCUT2D eigenvalue weighted by Gasteiger charge is 2.22. The minimum atomic E-state index is 0.636. The third-order valence-electron chi connectivity index (χ3n) is 7.19. The minimum Gasteiger partial charge on any atom is -0.473 e. The second kappa shape index (κ2) is 10.9. The molecule has 0 bridgehead atoms. The van der Waals surface area contributed by atoms with Crippen molar-refractivity contribution in [3.63, 3.8) is 0 Å². The third kappa shape index (κ3) is 5.65. The van der Waals surface area contributed by atoms with Crippen molar-refractivity contribution in [2.45, 2.75) is 89.9 Å². The first-order valence-electron chi connectivity index (χ1n) is 12.1. The van der Waals surface area contributed by atoms with E-state index in [0.29, 0.717) is 11.8 Å². The summed E-state index contributed by atoms with van der Waals surface area (Å²) < 4.78 is 5.75. The normalized spacial score (nSPS) is 22.3. The standard InChI is InChI=1S/C28H38O/c1-2-12-23(11-1)27(24-13-3-4-14-24)19-9-21-29-22-10-20-28(25-15-5-6-16-25)26-17-7-8-18-26/h9-11,13,15,17,21-22,27-28H,1-8,12,14,16,18-20H2. The largest absolute Gasteiger partial charge is 0.473 e. The quantitative estimate of drug-likeness (QED) is 0.268. The van der Waals surface area contributed by atoms with Crippen LogP contribution in [0.15, 0.2) is 71.3 Å². The van der Waals surface area contributed by atoms with Gasteiger partial charge in [-0.3, -0.25) is 0 Å². The van der Waals surface area contributed by atoms with Gasteiger partial charge in [0.25, 0.3) is 0 Å². The summed E-state index contributed by atoms with van der Waals surface area (Å²) in [6, 6.07) is 0. The van der Waals surface area contributed by atoms with Crippen LogP contribution >= 0.6 is 0 Å². The fourth-order valence-electron chi connectivity index (χ4n) is 5.67. The van der Waals surface area contributed by atoms with Crippen molar-refractivity contribution in [3.8, 4) is 0 Å². The van der Waals surface area contributed by atoms with Crippen LogP contribution in [0, 0.1) is 11.8 Å². The van der Waals surface area contributed by atoms with Crippen LogP contribution in [0.2, 0.25) is 0 Å². The fourth-order valence-corrected chi connectivity index (χ4v) is 5.67. The van der Waals surface area contributed by atoms with Crippen LogP contribution in [-0.2, 0) is 4.74 Å². The second-order valence-corrected chi connectivity index (χ2v) is 9.14. The number of rotatable bonds is 10. The average Bonchev–Trinajstić information content (AvgIpc) is 3.55. The van der Waals surface area contributed by atoms with Crippen molar-refractivity contribution in [1.82, 2.24) is 0 Å². The Hall–Kier alpha value is -1.76. The maximum Gasteiger partial charge on any atom is 0.0861 e. The lowest BCUT2D eigenvalue weighted by molar-refractivity contribution is 0.396. The van der Waals surface area contributed by atoms with Crippen molar-refractivity contribution in [2.75, 3.05) is 0 Å². The zero-order valence-electron chi connectivity index (χ0n) is 18.1. The Morgan fingerprint density at radius 3 is 1.21 bits per heavy atom. The predicted octanol–water partition coefficient (Wildman–Crippen LogP) is 8.48. The molecule has 0 N–H and O–H groups in total. The van der Waals surface area contributed by atoms with Gasteiger partial charge in [-0.25, -0.2) is 0 Å². The molecule has 0 unspecified atom stereocenters. The summed E-state index contributed by atoms with van der Waals surface area (Å²) in [5.41, 5.74) is 6.71. The van der Waals surface area contributed by atoms with Crippen LogP contribution in [0.4, 0.5) is 0 Å². The molecule has 0 fully saturated rings. The molecule has 4 aliphatic carbocycles. The van der Waals surface area contributed by atoms with E-state index in [1.54, 1.807) is 22.3 Å². The van der Waals surface area contributed by atoms with Gasteiger partial charge in [0.1, 0.15) is 0 Å². The molecule has 4 aliphatic rings. The topological polar surface area (TPSA) is 9.23 Å². The molecule has 0 atom stereocenters. The smallest absolute Gasteiger partial charge is 0.0861 e. The summed E-state index contributed by atoms with van der Waals surface area (Å²) in [5.74, 6) is 1.27. The van der Waals surface area contributed by atoms with Gasteiger partial charge < -0.3 is 4.74 Å². The summed E-state index contributed by atoms with van der Waals surface area (Å²) in [6.07, 6.45) is 36.1. The molecule has 0 amide bonds. The minimum absolute atomic E-state index is 0.636. The van der Waals surface area contributed by atoms with E-state index in [1.807, 2.05) is 12.5 Å². The van der Waals surface area contributed by atoms with Gasteiger partial charge >= 0.3 is 0 Å². The highest BCUT2D eigenvalue weighted by molar-refractivity contribution is 5.27. The van der Waals surface area contributed by atoms with Gasteiger partial charge in [-0.05, 0) is 102 Å². The Balaban J connectivity index is 1.26. The fraction of sp³-hybridized carbons (Fsp3) is 0.571. The van der Waals surface area contributed by atoms with E-state index in [9.17, 15) is 0 Å². The van der Waals surface area contributed by atoms with Crippen LogP contribution in [0.25, 0.3) is 0 Å². The van der Waals surface area contributed by atoms with Gasteiger partial charge in [-0.2, -0.15) is 0 Å². The van der Waals surface area contributed by atoms with Gasteiger partial charge in [-0.15, -0.1) is 0 Å². The van der Waals surface area contributed by atoms with E-state index in [2.05, 4.69) is 36.5 Å². The van der Waals surface area contributed by atoms with Gasteiger partial charge in [0.15, 0.2) is 0 Å². The number of allylic oxidation sites excluding steroid dienone is 10. The third-order valence-corrected chi connectivity index (χ3v) is 7.19. The zero-order valence-corrected chi connectivity index (χ0v) is 18.1. The van der Waals surface area contributed by atoms with Crippen LogP contribution in [-0.4, -0.2) is 0 Å². The maximum absolute atomic E-state index is 5.75. The summed E-state index contributed by atoms with van der Waals surface area (Å²) in [7, 11) is 0. The van der Waals surface area contributed by atoms with E-state index < -0.39 is 0 Å². The number of ether oxygens (including phenoxy) is 1.